The van der Waals surface area contributed by atoms with E-state index in [4.69, 9.17) is 15.9 Å². The van der Waals surface area contributed by atoms with E-state index in [0.29, 0.717) is 11.1 Å². The summed E-state index contributed by atoms with van der Waals surface area (Å²) in [6.07, 6.45) is -0.813. The maximum absolute atomic E-state index is 9.71. The van der Waals surface area contributed by atoms with Gasteiger partial charge in [0.2, 0.25) is 0 Å². The molecule has 6 heteroatoms. The second-order valence-corrected chi connectivity index (χ2v) is 3.50. The maximum atomic E-state index is 9.71. The van der Waals surface area contributed by atoms with Crippen molar-refractivity contribution in [1.82, 2.24) is 4.98 Å². The molecule has 16 heavy (non-hydrogen) atoms. The number of nitrogen functional groups attached to an aromatic ring is 1. The summed E-state index contributed by atoms with van der Waals surface area (Å²) in [5, 5.41) is 36.8. The molecule has 0 saturated carbocycles. The van der Waals surface area contributed by atoms with Crippen molar-refractivity contribution in [2.75, 3.05) is 12.3 Å². The third-order valence-electron chi connectivity index (χ3n) is 2.32. The Labute approximate surface area is 93.0 Å². The smallest absolute Gasteiger partial charge is 0.128 e. The molecule has 2 atom stereocenters. The van der Waals surface area contributed by atoms with E-state index >= 15 is 0 Å². The summed E-state index contributed by atoms with van der Waals surface area (Å²) in [5.74, 6) is 0.190. The average molecular weight is 228 g/mol. The zero-order valence-corrected chi connectivity index (χ0v) is 8.74. The molecule has 0 saturated heterocycles. The van der Waals surface area contributed by atoms with Gasteiger partial charge in [0, 0.05) is 23.9 Å². The number of hydrogen-bond acceptors (Lipinski definition) is 6. The van der Waals surface area contributed by atoms with Crippen LogP contribution < -0.4 is 5.73 Å². The number of anilines is 1. The fourth-order valence-electron chi connectivity index (χ4n) is 1.34. The predicted molar refractivity (Wildman–Crippen MR) is 57.2 cm³/mol. The van der Waals surface area contributed by atoms with Crippen LogP contribution in [0.1, 0.15) is 23.7 Å². The van der Waals surface area contributed by atoms with Gasteiger partial charge in [0.25, 0.3) is 0 Å². The molecule has 1 aromatic rings. The Morgan fingerprint density at radius 1 is 1.31 bits per heavy atom. The largest absolute Gasteiger partial charge is 0.396 e. The molecule has 0 spiro atoms. The molecule has 0 aliphatic carbocycles. The Hall–Kier alpha value is -1.21. The van der Waals surface area contributed by atoms with Crippen LogP contribution in [-0.4, -0.2) is 38.1 Å². The van der Waals surface area contributed by atoms with Crippen LogP contribution >= 0.6 is 0 Å². The third-order valence-corrected chi connectivity index (χ3v) is 2.32. The first-order valence-corrected chi connectivity index (χ1v) is 4.92. The van der Waals surface area contributed by atoms with Gasteiger partial charge in [0.05, 0.1) is 12.7 Å². The van der Waals surface area contributed by atoms with Gasteiger partial charge in [-0.3, -0.25) is 0 Å². The van der Waals surface area contributed by atoms with Crippen LogP contribution in [0, 0.1) is 0 Å². The molecule has 1 heterocycles. The predicted octanol–water partition coefficient (Wildman–Crippen LogP) is -1.07. The molecule has 90 valence electrons. The van der Waals surface area contributed by atoms with E-state index in [1.54, 1.807) is 0 Å². The highest BCUT2D eigenvalue weighted by atomic mass is 16.3. The van der Waals surface area contributed by atoms with Crippen molar-refractivity contribution < 1.29 is 20.4 Å². The molecule has 0 aliphatic heterocycles. The Morgan fingerprint density at radius 3 is 2.56 bits per heavy atom. The quantitative estimate of drug-likeness (QED) is 0.438. The van der Waals surface area contributed by atoms with Crippen molar-refractivity contribution in [3.63, 3.8) is 0 Å². The summed E-state index contributed by atoms with van der Waals surface area (Å²) < 4.78 is 0. The van der Waals surface area contributed by atoms with E-state index < -0.39 is 12.2 Å². The van der Waals surface area contributed by atoms with Crippen molar-refractivity contribution in [1.29, 1.82) is 0 Å². The summed E-state index contributed by atoms with van der Waals surface area (Å²) >= 11 is 0. The van der Waals surface area contributed by atoms with Gasteiger partial charge in [-0.15, -0.1) is 0 Å². The van der Waals surface area contributed by atoms with E-state index in [0.717, 1.165) is 0 Å². The molecule has 0 bridgehead atoms. The minimum Gasteiger partial charge on any atom is -0.396 e. The number of nitrogens with zero attached hydrogens (tertiary/aromatic N) is 1. The number of rotatable bonds is 5. The van der Waals surface area contributed by atoms with E-state index in [-0.39, 0.29) is 25.5 Å². The Balaban J connectivity index is 2.87. The molecule has 0 radical (unpaired) electrons. The molecule has 2 unspecified atom stereocenters. The van der Waals surface area contributed by atoms with Crippen molar-refractivity contribution in [2.24, 2.45) is 0 Å². The van der Waals surface area contributed by atoms with Gasteiger partial charge in [-0.25, -0.2) is 4.98 Å². The lowest BCUT2D eigenvalue weighted by atomic mass is 10.0. The van der Waals surface area contributed by atoms with Gasteiger partial charge in [-0.05, 0) is 12.5 Å². The van der Waals surface area contributed by atoms with E-state index in [1.165, 1.54) is 12.3 Å². The highest BCUT2D eigenvalue weighted by Crippen LogP contribution is 2.21. The van der Waals surface area contributed by atoms with Crippen molar-refractivity contribution in [3.8, 4) is 0 Å². The molecule has 6 nitrogen and oxygen atoms in total. The van der Waals surface area contributed by atoms with Crippen LogP contribution in [0.5, 0.6) is 0 Å². The van der Waals surface area contributed by atoms with Crippen molar-refractivity contribution >= 4 is 5.82 Å². The molecular formula is C10H16N2O4. The van der Waals surface area contributed by atoms with Crippen LogP contribution in [0.3, 0.4) is 0 Å². The SMILES string of the molecule is Nc1ncc(C(O)C(O)CCO)cc1CO. The lowest BCUT2D eigenvalue weighted by Crippen LogP contribution is -2.20. The summed E-state index contributed by atoms with van der Waals surface area (Å²) in [6, 6.07) is 1.48. The third kappa shape index (κ3) is 2.89. The van der Waals surface area contributed by atoms with E-state index in [9.17, 15) is 10.2 Å². The summed E-state index contributed by atoms with van der Waals surface area (Å²) in [4.78, 5) is 3.80. The van der Waals surface area contributed by atoms with Gasteiger partial charge in [-0.2, -0.15) is 0 Å². The molecule has 6 N–H and O–H groups in total. The Morgan fingerprint density at radius 2 is 2.00 bits per heavy atom. The van der Waals surface area contributed by atoms with Gasteiger partial charge >= 0.3 is 0 Å². The first-order valence-electron chi connectivity index (χ1n) is 4.92. The van der Waals surface area contributed by atoms with Crippen LogP contribution in [0.4, 0.5) is 5.82 Å². The summed E-state index contributed by atoms with van der Waals surface area (Å²) in [6.45, 7) is -0.497. The van der Waals surface area contributed by atoms with E-state index in [1.807, 2.05) is 0 Å². The number of aliphatic hydroxyl groups excluding tert-OH is 4. The van der Waals surface area contributed by atoms with Gasteiger partial charge in [0.1, 0.15) is 11.9 Å². The topological polar surface area (TPSA) is 120 Å². The number of aromatic nitrogens is 1. The van der Waals surface area contributed by atoms with Crippen molar-refractivity contribution in [3.05, 3.63) is 23.4 Å². The summed E-state index contributed by atoms with van der Waals surface area (Å²) in [7, 11) is 0. The molecular weight excluding hydrogens is 212 g/mol. The zero-order chi connectivity index (χ0) is 12.1. The average Bonchev–Trinajstić information content (AvgIpc) is 2.29. The minimum atomic E-state index is -1.15. The highest BCUT2D eigenvalue weighted by Gasteiger charge is 2.19. The second kappa shape index (κ2) is 5.76. The summed E-state index contributed by atoms with van der Waals surface area (Å²) in [5.41, 5.74) is 6.24. The van der Waals surface area contributed by atoms with Gasteiger partial charge in [-0.1, -0.05) is 0 Å². The first-order chi connectivity index (χ1) is 7.60. The molecule has 0 aromatic carbocycles. The number of aliphatic hydroxyl groups is 4. The monoisotopic (exact) mass is 228 g/mol. The minimum absolute atomic E-state index is 0.0694. The van der Waals surface area contributed by atoms with Crippen LogP contribution in [0.25, 0.3) is 0 Å². The molecule has 0 aliphatic rings. The van der Waals surface area contributed by atoms with Gasteiger partial charge < -0.3 is 26.2 Å². The van der Waals surface area contributed by atoms with Crippen LogP contribution in [-0.2, 0) is 6.61 Å². The Kier molecular flexibility index (Phi) is 4.63. The van der Waals surface area contributed by atoms with Crippen LogP contribution in [0.15, 0.2) is 12.3 Å². The van der Waals surface area contributed by atoms with Crippen LogP contribution in [0.2, 0.25) is 0 Å². The second-order valence-electron chi connectivity index (χ2n) is 3.50. The first kappa shape index (κ1) is 12.9. The Bertz CT molecular complexity index is 346. The number of hydrogen-bond donors (Lipinski definition) is 5. The highest BCUT2D eigenvalue weighted by molar-refractivity contribution is 5.41. The lowest BCUT2D eigenvalue weighted by molar-refractivity contribution is 0.00397. The zero-order valence-electron chi connectivity index (χ0n) is 8.74. The fourth-order valence-corrected chi connectivity index (χ4v) is 1.34. The number of pyridine rings is 1. The number of nitrogens with two attached hydrogens (primary N) is 1. The van der Waals surface area contributed by atoms with Gasteiger partial charge in [0.15, 0.2) is 0 Å². The normalized spacial score (nSPS) is 14.8. The lowest BCUT2D eigenvalue weighted by Gasteiger charge is -2.17. The molecule has 0 amide bonds. The molecule has 1 rings (SSSR count). The molecule has 0 fully saturated rings. The fraction of sp³-hybridized carbons (Fsp3) is 0.500. The standard InChI is InChI=1S/C10H16N2O4/c11-10-7(5-14)3-6(4-12-10)9(16)8(15)1-2-13/h3-4,8-9,13-16H,1-2,5H2,(H2,11,12). The maximum Gasteiger partial charge on any atom is 0.128 e. The molecule has 1 aromatic heterocycles. The van der Waals surface area contributed by atoms with E-state index in [2.05, 4.69) is 4.98 Å². The van der Waals surface area contributed by atoms with Crippen molar-refractivity contribution in [2.45, 2.75) is 25.2 Å².